The van der Waals surface area contributed by atoms with Crippen molar-refractivity contribution in [1.82, 2.24) is 14.5 Å². The van der Waals surface area contributed by atoms with Gasteiger partial charge < -0.3 is 8.98 Å². The van der Waals surface area contributed by atoms with E-state index in [0.717, 1.165) is 22.2 Å². The highest BCUT2D eigenvalue weighted by Crippen LogP contribution is 2.34. The molecule has 0 N–H and O–H groups in total. The van der Waals surface area contributed by atoms with E-state index in [9.17, 15) is 0 Å². The number of benzene rings is 3. The highest BCUT2D eigenvalue weighted by atomic mass is 16.3. The molecule has 122 valence electrons. The third kappa shape index (κ3) is 1.73. The molecule has 0 radical (unpaired) electrons. The van der Waals surface area contributed by atoms with Gasteiger partial charge in [-0.1, -0.05) is 36.4 Å². The molecule has 4 nitrogen and oxygen atoms in total. The molecular formula is C22H13N3O. The van der Waals surface area contributed by atoms with E-state index in [1.807, 2.05) is 6.07 Å². The minimum absolute atomic E-state index is 0.571. The Morgan fingerprint density at radius 3 is 2.15 bits per heavy atom. The Kier molecular flexibility index (Phi) is 2.58. The molecule has 0 unspecified atom stereocenters. The van der Waals surface area contributed by atoms with Crippen LogP contribution in [0.1, 0.15) is 0 Å². The first kappa shape index (κ1) is 13.6. The average molecular weight is 335 g/mol. The predicted octanol–water partition coefficient (Wildman–Crippen LogP) is 5.47. The van der Waals surface area contributed by atoms with Gasteiger partial charge in [0.1, 0.15) is 11.1 Å². The topological polar surface area (TPSA) is 43.9 Å². The number of aromatic nitrogens is 3. The van der Waals surface area contributed by atoms with Crippen LogP contribution in [0.3, 0.4) is 0 Å². The molecule has 0 spiro atoms. The minimum Gasteiger partial charge on any atom is -0.436 e. The second-order valence-electron chi connectivity index (χ2n) is 6.36. The molecule has 0 aliphatic rings. The van der Waals surface area contributed by atoms with Crippen LogP contribution in [0.4, 0.5) is 0 Å². The summed E-state index contributed by atoms with van der Waals surface area (Å²) >= 11 is 0. The number of hydrogen-bond donors (Lipinski definition) is 0. The van der Waals surface area contributed by atoms with Gasteiger partial charge >= 0.3 is 0 Å². The normalized spacial score (nSPS) is 11.8. The van der Waals surface area contributed by atoms with Gasteiger partial charge in [0.2, 0.25) is 5.71 Å². The summed E-state index contributed by atoms with van der Waals surface area (Å²) in [6, 6.07) is 23.2. The zero-order valence-electron chi connectivity index (χ0n) is 13.8. The van der Waals surface area contributed by atoms with Crippen LogP contribution in [-0.4, -0.2) is 14.5 Å². The van der Waals surface area contributed by atoms with Gasteiger partial charge in [0.05, 0.1) is 16.4 Å². The number of fused-ring (bicyclic) bond motifs is 6. The largest absolute Gasteiger partial charge is 0.436 e. The van der Waals surface area contributed by atoms with Gasteiger partial charge in [0.15, 0.2) is 0 Å². The highest BCUT2D eigenvalue weighted by molar-refractivity contribution is 6.10. The van der Waals surface area contributed by atoms with Crippen molar-refractivity contribution in [1.29, 1.82) is 0 Å². The van der Waals surface area contributed by atoms with Crippen molar-refractivity contribution >= 4 is 44.0 Å². The molecule has 0 saturated heterocycles. The van der Waals surface area contributed by atoms with Crippen LogP contribution in [0.15, 0.2) is 83.5 Å². The van der Waals surface area contributed by atoms with Gasteiger partial charge in [-0.2, -0.15) is 0 Å². The van der Waals surface area contributed by atoms with E-state index in [1.165, 1.54) is 21.8 Å². The van der Waals surface area contributed by atoms with E-state index in [4.69, 9.17) is 4.42 Å². The Morgan fingerprint density at radius 2 is 1.38 bits per heavy atom. The quantitative estimate of drug-likeness (QED) is 0.400. The van der Waals surface area contributed by atoms with Crippen molar-refractivity contribution in [3.63, 3.8) is 0 Å². The van der Waals surface area contributed by atoms with Crippen LogP contribution in [0.25, 0.3) is 49.7 Å². The van der Waals surface area contributed by atoms with Crippen LogP contribution in [0, 0.1) is 0 Å². The average Bonchev–Trinajstić information content (AvgIpc) is 3.23. The van der Waals surface area contributed by atoms with Crippen molar-refractivity contribution < 1.29 is 4.42 Å². The SMILES string of the molecule is c1ccc2c(c1)c1ccccc1n2-c1ccc2oc3nccnc3c2c1. The molecular weight excluding hydrogens is 322 g/mol. The summed E-state index contributed by atoms with van der Waals surface area (Å²) in [6.07, 6.45) is 3.35. The first-order chi connectivity index (χ1) is 12.9. The summed E-state index contributed by atoms with van der Waals surface area (Å²) in [5.74, 6) is 0. The predicted molar refractivity (Wildman–Crippen MR) is 104 cm³/mol. The number of furan rings is 1. The molecule has 0 aliphatic carbocycles. The molecule has 0 aliphatic heterocycles. The van der Waals surface area contributed by atoms with Crippen LogP contribution in [0.2, 0.25) is 0 Å². The monoisotopic (exact) mass is 335 g/mol. The molecule has 0 bridgehead atoms. The zero-order chi connectivity index (χ0) is 17.1. The maximum Gasteiger partial charge on any atom is 0.246 e. The van der Waals surface area contributed by atoms with E-state index in [1.54, 1.807) is 12.4 Å². The molecule has 3 aromatic carbocycles. The summed E-state index contributed by atoms with van der Waals surface area (Å²) in [4.78, 5) is 8.73. The second kappa shape index (κ2) is 4.92. The van der Waals surface area contributed by atoms with E-state index in [0.29, 0.717) is 5.71 Å². The Hall–Kier alpha value is -3.66. The maximum atomic E-state index is 5.82. The number of rotatable bonds is 1. The van der Waals surface area contributed by atoms with Crippen molar-refractivity contribution in [2.24, 2.45) is 0 Å². The summed E-state index contributed by atoms with van der Waals surface area (Å²) in [6.45, 7) is 0. The lowest BCUT2D eigenvalue weighted by molar-refractivity contribution is 0.653. The van der Waals surface area contributed by atoms with Gasteiger partial charge in [-0.3, -0.25) is 0 Å². The molecule has 3 aromatic heterocycles. The Bertz CT molecular complexity index is 1390. The summed E-state index contributed by atoms with van der Waals surface area (Å²) in [7, 11) is 0. The van der Waals surface area contributed by atoms with Crippen molar-refractivity contribution in [2.45, 2.75) is 0 Å². The smallest absolute Gasteiger partial charge is 0.246 e. The van der Waals surface area contributed by atoms with E-state index < -0.39 is 0 Å². The molecule has 4 heteroatoms. The Balaban J connectivity index is 1.76. The molecule has 6 rings (SSSR count). The van der Waals surface area contributed by atoms with E-state index >= 15 is 0 Å². The fourth-order valence-electron chi connectivity index (χ4n) is 3.82. The van der Waals surface area contributed by atoms with Crippen molar-refractivity contribution in [3.05, 3.63) is 79.1 Å². The molecule has 0 atom stereocenters. The zero-order valence-corrected chi connectivity index (χ0v) is 13.8. The summed E-state index contributed by atoms with van der Waals surface area (Å²) in [5, 5.41) is 3.48. The highest BCUT2D eigenvalue weighted by Gasteiger charge is 2.14. The number of nitrogens with zero attached hydrogens (tertiary/aromatic N) is 3. The van der Waals surface area contributed by atoms with Gasteiger partial charge in [-0.05, 0) is 30.3 Å². The number of para-hydroxylation sites is 2. The lowest BCUT2D eigenvalue weighted by Gasteiger charge is -2.07. The van der Waals surface area contributed by atoms with Crippen LogP contribution in [-0.2, 0) is 0 Å². The summed E-state index contributed by atoms with van der Waals surface area (Å²) < 4.78 is 8.11. The van der Waals surface area contributed by atoms with Crippen LogP contribution < -0.4 is 0 Å². The number of hydrogen-bond acceptors (Lipinski definition) is 3. The van der Waals surface area contributed by atoms with Crippen molar-refractivity contribution in [2.75, 3.05) is 0 Å². The molecule has 3 heterocycles. The molecule has 0 saturated carbocycles. The summed E-state index contributed by atoms with van der Waals surface area (Å²) in [5.41, 5.74) is 5.63. The fourth-order valence-corrected chi connectivity index (χ4v) is 3.82. The minimum atomic E-state index is 0.571. The molecule has 0 amide bonds. The maximum absolute atomic E-state index is 5.82. The molecule has 0 fully saturated rings. The lowest BCUT2D eigenvalue weighted by atomic mass is 10.2. The van der Waals surface area contributed by atoms with Gasteiger partial charge in [0.25, 0.3) is 0 Å². The Labute approximate surface area is 148 Å². The first-order valence-electron chi connectivity index (χ1n) is 8.52. The molecule has 6 aromatic rings. The van der Waals surface area contributed by atoms with Crippen LogP contribution >= 0.6 is 0 Å². The van der Waals surface area contributed by atoms with E-state index in [-0.39, 0.29) is 0 Å². The third-order valence-electron chi connectivity index (χ3n) is 4.93. The second-order valence-corrected chi connectivity index (χ2v) is 6.36. The van der Waals surface area contributed by atoms with Gasteiger partial charge in [0, 0.05) is 28.9 Å². The van der Waals surface area contributed by atoms with Gasteiger partial charge in [-0.15, -0.1) is 0 Å². The third-order valence-corrected chi connectivity index (χ3v) is 4.93. The first-order valence-corrected chi connectivity index (χ1v) is 8.52. The van der Waals surface area contributed by atoms with E-state index in [2.05, 4.69) is 75.2 Å². The van der Waals surface area contributed by atoms with Crippen LogP contribution in [0.5, 0.6) is 0 Å². The fraction of sp³-hybridized carbons (Fsp3) is 0. The lowest BCUT2D eigenvalue weighted by Crippen LogP contribution is -1.93. The van der Waals surface area contributed by atoms with Crippen molar-refractivity contribution in [3.8, 4) is 5.69 Å². The van der Waals surface area contributed by atoms with Gasteiger partial charge in [-0.25, -0.2) is 9.97 Å². The Morgan fingerprint density at radius 1 is 0.692 bits per heavy atom. The standard InChI is InChI=1S/C22H13N3O/c1-3-7-18-15(5-1)16-6-2-4-8-19(16)25(18)14-9-10-20-17(13-14)21-22(26-20)24-12-11-23-21/h1-13H. The molecule has 26 heavy (non-hydrogen) atoms.